The van der Waals surface area contributed by atoms with Crippen LogP contribution in [0.15, 0.2) is 18.2 Å². The molecule has 1 saturated heterocycles. The van der Waals surface area contributed by atoms with E-state index < -0.39 is 11.9 Å². The van der Waals surface area contributed by atoms with Crippen molar-refractivity contribution in [1.29, 1.82) is 0 Å². The van der Waals surface area contributed by atoms with Crippen LogP contribution in [0.4, 0.5) is 5.69 Å². The van der Waals surface area contributed by atoms with E-state index in [0.29, 0.717) is 30.7 Å². The summed E-state index contributed by atoms with van der Waals surface area (Å²) in [5.41, 5.74) is 2.20. The lowest BCUT2D eigenvalue weighted by atomic mass is 9.88. The predicted molar refractivity (Wildman–Crippen MR) is 119 cm³/mol. The molecule has 0 bridgehead atoms. The van der Waals surface area contributed by atoms with E-state index in [1.54, 1.807) is 11.0 Å². The highest BCUT2D eigenvalue weighted by Gasteiger charge is 2.39. The normalized spacial score (nSPS) is 18.7. The number of unbranched alkanes of at least 4 members (excludes halogenated alkanes) is 3. The van der Waals surface area contributed by atoms with Crippen molar-refractivity contribution >= 4 is 29.2 Å². The number of piperidine rings is 1. The van der Waals surface area contributed by atoms with Crippen LogP contribution < -0.4 is 10.6 Å². The number of hydrogen-bond donors (Lipinski definition) is 2. The number of fused-ring (bicyclic) bond motifs is 1. The molecule has 2 aliphatic rings. The second kappa shape index (κ2) is 9.62. The van der Waals surface area contributed by atoms with Crippen LogP contribution in [-0.2, 0) is 20.9 Å². The third-order valence-electron chi connectivity index (χ3n) is 6.06. The maximum atomic E-state index is 12.9. The summed E-state index contributed by atoms with van der Waals surface area (Å²) in [5.74, 6) is -0.514. The molecule has 0 spiro atoms. The lowest BCUT2D eigenvalue weighted by Gasteiger charge is -2.29. The molecular formula is C24H33N3O4. The Kier molecular flexibility index (Phi) is 7.13. The first kappa shape index (κ1) is 23.0. The van der Waals surface area contributed by atoms with Crippen LogP contribution in [0.1, 0.15) is 81.6 Å². The summed E-state index contributed by atoms with van der Waals surface area (Å²) >= 11 is 0. The molecule has 2 N–H and O–H groups in total. The van der Waals surface area contributed by atoms with E-state index in [4.69, 9.17) is 0 Å². The number of carbonyl (C=O) groups is 4. The first-order valence-electron chi connectivity index (χ1n) is 11.2. The quantitative estimate of drug-likeness (QED) is 0.465. The number of benzene rings is 1. The minimum absolute atomic E-state index is 0.156. The molecule has 1 aromatic carbocycles. The fourth-order valence-corrected chi connectivity index (χ4v) is 4.11. The first-order chi connectivity index (χ1) is 14.7. The molecule has 7 heteroatoms. The fraction of sp³-hybridized carbons (Fsp3) is 0.583. The average molecular weight is 428 g/mol. The zero-order valence-electron chi connectivity index (χ0n) is 18.8. The summed E-state index contributed by atoms with van der Waals surface area (Å²) in [6.07, 6.45) is 5.23. The van der Waals surface area contributed by atoms with Gasteiger partial charge in [0.15, 0.2) is 0 Å². The van der Waals surface area contributed by atoms with Gasteiger partial charge < -0.3 is 10.2 Å². The van der Waals surface area contributed by atoms with Gasteiger partial charge in [0, 0.05) is 48.2 Å². The Balaban J connectivity index is 1.48. The Bertz CT molecular complexity index is 872. The molecule has 0 saturated carbocycles. The molecule has 168 valence electrons. The van der Waals surface area contributed by atoms with Crippen LogP contribution in [0.2, 0.25) is 0 Å². The first-order valence-corrected chi connectivity index (χ1v) is 11.2. The van der Waals surface area contributed by atoms with Gasteiger partial charge in [-0.3, -0.25) is 24.5 Å². The Labute approximate surface area is 183 Å². The average Bonchev–Trinajstić information content (AvgIpc) is 3.03. The molecule has 1 atom stereocenters. The van der Waals surface area contributed by atoms with E-state index in [0.717, 1.165) is 43.5 Å². The molecule has 0 aromatic heterocycles. The zero-order valence-corrected chi connectivity index (χ0v) is 18.8. The van der Waals surface area contributed by atoms with E-state index in [1.807, 2.05) is 32.9 Å². The third-order valence-corrected chi connectivity index (χ3v) is 6.06. The number of ketones is 1. The molecule has 0 aliphatic carbocycles. The fourth-order valence-electron chi connectivity index (χ4n) is 4.11. The number of nitrogens with one attached hydrogen (secondary N) is 2. The third kappa shape index (κ3) is 5.51. The van der Waals surface area contributed by atoms with Crippen molar-refractivity contribution in [2.45, 2.75) is 78.3 Å². The van der Waals surface area contributed by atoms with Gasteiger partial charge in [0.25, 0.3) is 5.91 Å². The van der Waals surface area contributed by atoms with E-state index >= 15 is 0 Å². The van der Waals surface area contributed by atoms with Gasteiger partial charge in [0.1, 0.15) is 11.8 Å². The second-order valence-electron chi connectivity index (χ2n) is 9.50. The molecule has 0 radical (unpaired) electrons. The maximum Gasteiger partial charge on any atom is 0.255 e. The van der Waals surface area contributed by atoms with Crippen LogP contribution in [0, 0.1) is 5.41 Å². The van der Waals surface area contributed by atoms with Crippen LogP contribution >= 0.6 is 0 Å². The van der Waals surface area contributed by atoms with Crippen molar-refractivity contribution in [3.63, 3.8) is 0 Å². The monoisotopic (exact) mass is 427 g/mol. The van der Waals surface area contributed by atoms with E-state index in [9.17, 15) is 19.2 Å². The van der Waals surface area contributed by atoms with Crippen molar-refractivity contribution in [2.75, 3.05) is 11.9 Å². The SMILES string of the molecule is CC(C)(C)C(=O)CCCCCCNc1cccc2c1CN(C1CCC(=O)NC1=O)C2=O. The highest BCUT2D eigenvalue weighted by molar-refractivity contribution is 6.06. The minimum Gasteiger partial charge on any atom is -0.385 e. The summed E-state index contributed by atoms with van der Waals surface area (Å²) in [4.78, 5) is 50.0. The Morgan fingerprint density at radius 1 is 1.13 bits per heavy atom. The van der Waals surface area contributed by atoms with Gasteiger partial charge in [-0.2, -0.15) is 0 Å². The van der Waals surface area contributed by atoms with Crippen molar-refractivity contribution in [1.82, 2.24) is 10.2 Å². The second-order valence-corrected chi connectivity index (χ2v) is 9.50. The number of hydrogen-bond acceptors (Lipinski definition) is 5. The van der Waals surface area contributed by atoms with Gasteiger partial charge in [0.2, 0.25) is 11.8 Å². The Morgan fingerprint density at radius 2 is 1.87 bits per heavy atom. The predicted octanol–water partition coefficient (Wildman–Crippen LogP) is 3.43. The summed E-state index contributed by atoms with van der Waals surface area (Å²) in [6.45, 7) is 7.05. The smallest absolute Gasteiger partial charge is 0.255 e. The number of amides is 3. The molecule has 1 aromatic rings. The van der Waals surface area contributed by atoms with Crippen LogP contribution in [-0.4, -0.2) is 41.0 Å². The lowest BCUT2D eigenvalue weighted by Crippen LogP contribution is -2.52. The molecule has 2 aliphatic heterocycles. The zero-order chi connectivity index (χ0) is 22.6. The molecule has 1 fully saturated rings. The number of anilines is 1. The molecule has 7 nitrogen and oxygen atoms in total. The van der Waals surface area contributed by atoms with E-state index in [2.05, 4.69) is 10.6 Å². The van der Waals surface area contributed by atoms with Crippen molar-refractivity contribution < 1.29 is 19.2 Å². The molecule has 3 amide bonds. The Morgan fingerprint density at radius 3 is 2.58 bits per heavy atom. The molecular weight excluding hydrogens is 394 g/mol. The van der Waals surface area contributed by atoms with Crippen LogP contribution in [0.3, 0.4) is 0 Å². The standard InChI is InChI=1S/C24H33N3O4/c1-24(2,3)20(28)11-6-4-5-7-14-25-18-10-8-9-16-17(18)15-27(23(16)31)19-12-13-21(29)26-22(19)30/h8-10,19,25H,4-7,11-15H2,1-3H3,(H,26,29,30). The topological polar surface area (TPSA) is 95.6 Å². The van der Waals surface area contributed by atoms with Gasteiger partial charge in [0.05, 0.1) is 0 Å². The summed E-state index contributed by atoms with van der Waals surface area (Å²) < 4.78 is 0. The largest absolute Gasteiger partial charge is 0.385 e. The van der Waals surface area contributed by atoms with Crippen LogP contribution in [0.5, 0.6) is 0 Å². The van der Waals surface area contributed by atoms with E-state index in [1.165, 1.54) is 0 Å². The maximum absolute atomic E-state index is 12.9. The van der Waals surface area contributed by atoms with Gasteiger partial charge in [-0.05, 0) is 31.4 Å². The lowest BCUT2D eigenvalue weighted by molar-refractivity contribution is -0.137. The minimum atomic E-state index is -0.596. The molecule has 31 heavy (non-hydrogen) atoms. The molecule has 2 heterocycles. The van der Waals surface area contributed by atoms with Crippen molar-refractivity contribution in [3.8, 4) is 0 Å². The van der Waals surface area contributed by atoms with Gasteiger partial charge in [-0.15, -0.1) is 0 Å². The van der Waals surface area contributed by atoms with Gasteiger partial charge in [-0.25, -0.2) is 0 Å². The number of Topliss-reactive ketones (excluding diaryl/α,β-unsaturated/α-hetero) is 1. The number of carbonyl (C=O) groups excluding carboxylic acids is 4. The molecule has 1 unspecified atom stereocenters. The summed E-state index contributed by atoms with van der Waals surface area (Å²) in [5, 5.41) is 5.76. The highest BCUT2D eigenvalue weighted by Crippen LogP contribution is 2.32. The highest BCUT2D eigenvalue weighted by atomic mass is 16.2. The van der Waals surface area contributed by atoms with Crippen molar-refractivity contribution in [3.05, 3.63) is 29.3 Å². The molecule has 3 rings (SSSR count). The summed E-state index contributed by atoms with van der Waals surface area (Å²) in [6, 6.07) is 5.01. The number of imide groups is 1. The number of rotatable bonds is 9. The number of nitrogens with zero attached hydrogens (tertiary/aromatic N) is 1. The summed E-state index contributed by atoms with van der Waals surface area (Å²) in [7, 11) is 0. The van der Waals surface area contributed by atoms with E-state index in [-0.39, 0.29) is 23.7 Å². The van der Waals surface area contributed by atoms with Crippen molar-refractivity contribution in [2.24, 2.45) is 5.41 Å². The van der Waals surface area contributed by atoms with Gasteiger partial charge >= 0.3 is 0 Å². The Hall–Kier alpha value is -2.70. The van der Waals surface area contributed by atoms with Gasteiger partial charge in [-0.1, -0.05) is 39.7 Å². The van der Waals surface area contributed by atoms with Crippen LogP contribution in [0.25, 0.3) is 0 Å².